The number of methoxy groups -OCH3 is 1. The monoisotopic (exact) mass is 285 g/mol. The standard InChI is InChI=1S/C17H19NO3/c1-12(13-7-5-8-15(18)10-13)17(19)21-11-14-6-3-4-9-16(14)20-2/h3-10,12H,11,18H2,1-2H3. The smallest absolute Gasteiger partial charge is 0.313 e. The first-order chi connectivity index (χ1) is 10.1. The Kier molecular flexibility index (Phi) is 4.82. The second kappa shape index (κ2) is 6.79. The molecular weight excluding hydrogens is 266 g/mol. The molecule has 0 fully saturated rings. The van der Waals surface area contributed by atoms with Crippen LogP contribution in [0.1, 0.15) is 24.0 Å². The van der Waals surface area contributed by atoms with Gasteiger partial charge in [-0.1, -0.05) is 30.3 Å². The number of hydrogen-bond acceptors (Lipinski definition) is 4. The molecule has 0 aliphatic carbocycles. The first-order valence-electron chi connectivity index (χ1n) is 6.75. The number of rotatable bonds is 5. The SMILES string of the molecule is COc1ccccc1COC(=O)C(C)c1cccc(N)c1. The van der Waals surface area contributed by atoms with Gasteiger partial charge in [-0.2, -0.15) is 0 Å². The third kappa shape index (κ3) is 3.75. The average Bonchev–Trinajstić information content (AvgIpc) is 2.52. The minimum atomic E-state index is -0.358. The van der Waals surface area contributed by atoms with Gasteiger partial charge in [-0.25, -0.2) is 0 Å². The van der Waals surface area contributed by atoms with Gasteiger partial charge in [0.2, 0.25) is 0 Å². The summed E-state index contributed by atoms with van der Waals surface area (Å²) in [5.74, 6) is 0.0663. The van der Waals surface area contributed by atoms with E-state index < -0.39 is 0 Å². The van der Waals surface area contributed by atoms with Gasteiger partial charge in [0.05, 0.1) is 13.0 Å². The highest BCUT2D eigenvalue weighted by Crippen LogP contribution is 2.22. The van der Waals surface area contributed by atoms with Crippen molar-refractivity contribution in [1.82, 2.24) is 0 Å². The first kappa shape index (κ1) is 14.9. The number of nitrogen functional groups attached to an aromatic ring is 1. The summed E-state index contributed by atoms with van der Waals surface area (Å²) in [6.45, 7) is 1.99. The lowest BCUT2D eigenvalue weighted by Crippen LogP contribution is -2.13. The van der Waals surface area contributed by atoms with Crippen molar-refractivity contribution in [3.05, 3.63) is 59.7 Å². The molecule has 0 aliphatic rings. The maximum atomic E-state index is 12.1. The van der Waals surface area contributed by atoms with E-state index in [4.69, 9.17) is 15.2 Å². The minimum Gasteiger partial charge on any atom is -0.496 e. The molecule has 1 unspecified atom stereocenters. The molecule has 2 rings (SSSR count). The van der Waals surface area contributed by atoms with Crippen molar-refractivity contribution < 1.29 is 14.3 Å². The Labute approximate surface area is 124 Å². The van der Waals surface area contributed by atoms with E-state index in [-0.39, 0.29) is 18.5 Å². The fourth-order valence-corrected chi connectivity index (χ4v) is 2.06. The molecule has 0 saturated carbocycles. The number of anilines is 1. The van der Waals surface area contributed by atoms with Crippen molar-refractivity contribution in [1.29, 1.82) is 0 Å². The second-order valence-electron chi connectivity index (χ2n) is 4.81. The van der Waals surface area contributed by atoms with Gasteiger partial charge in [0.25, 0.3) is 0 Å². The summed E-state index contributed by atoms with van der Waals surface area (Å²) in [6.07, 6.45) is 0. The van der Waals surface area contributed by atoms with Crippen LogP contribution in [0, 0.1) is 0 Å². The maximum Gasteiger partial charge on any atom is 0.313 e. The van der Waals surface area contributed by atoms with Crippen molar-refractivity contribution in [2.45, 2.75) is 19.4 Å². The van der Waals surface area contributed by atoms with Crippen LogP contribution in [0.15, 0.2) is 48.5 Å². The largest absolute Gasteiger partial charge is 0.496 e. The van der Waals surface area contributed by atoms with E-state index in [0.717, 1.165) is 11.1 Å². The van der Waals surface area contributed by atoms with Gasteiger partial charge < -0.3 is 15.2 Å². The molecule has 2 aromatic rings. The summed E-state index contributed by atoms with van der Waals surface area (Å²) >= 11 is 0. The number of ether oxygens (including phenoxy) is 2. The molecule has 1 atom stereocenters. The van der Waals surface area contributed by atoms with E-state index in [1.807, 2.05) is 36.4 Å². The number of carbonyl (C=O) groups excluding carboxylic acids is 1. The molecule has 2 aromatic carbocycles. The van der Waals surface area contributed by atoms with Crippen LogP contribution in [0.4, 0.5) is 5.69 Å². The average molecular weight is 285 g/mol. The van der Waals surface area contributed by atoms with Crippen molar-refractivity contribution in [3.63, 3.8) is 0 Å². The molecule has 0 spiro atoms. The molecule has 2 N–H and O–H groups in total. The molecule has 4 nitrogen and oxygen atoms in total. The summed E-state index contributed by atoms with van der Waals surface area (Å²) in [5, 5.41) is 0. The maximum absolute atomic E-state index is 12.1. The van der Waals surface area contributed by atoms with Crippen molar-refractivity contribution in [2.24, 2.45) is 0 Å². The van der Waals surface area contributed by atoms with E-state index in [0.29, 0.717) is 11.4 Å². The zero-order chi connectivity index (χ0) is 15.2. The number of para-hydroxylation sites is 1. The molecule has 0 aromatic heterocycles. The van der Waals surface area contributed by atoms with E-state index >= 15 is 0 Å². The quantitative estimate of drug-likeness (QED) is 0.677. The van der Waals surface area contributed by atoms with Gasteiger partial charge in [-0.05, 0) is 30.7 Å². The van der Waals surface area contributed by atoms with Crippen LogP contribution in [-0.2, 0) is 16.1 Å². The highest BCUT2D eigenvalue weighted by molar-refractivity contribution is 5.78. The van der Waals surface area contributed by atoms with E-state index in [1.165, 1.54) is 0 Å². The normalized spacial score (nSPS) is 11.7. The summed E-state index contributed by atoms with van der Waals surface area (Å²) in [7, 11) is 1.59. The first-order valence-corrected chi connectivity index (χ1v) is 6.75. The van der Waals surface area contributed by atoms with Crippen LogP contribution >= 0.6 is 0 Å². The third-order valence-electron chi connectivity index (χ3n) is 3.33. The fourth-order valence-electron chi connectivity index (χ4n) is 2.06. The molecular formula is C17H19NO3. The van der Waals surface area contributed by atoms with Gasteiger partial charge in [0.15, 0.2) is 0 Å². The highest BCUT2D eigenvalue weighted by Gasteiger charge is 2.17. The number of esters is 1. The molecule has 0 amide bonds. The summed E-state index contributed by atoms with van der Waals surface area (Å²) < 4.78 is 10.6. The Morgan fingerprint density at radius 3 is 2.67 bits per heavy atom. The molecule has 21 heavy (non-hydrogen) atoms. The third-order valence-corrected chi connectivity index (χ3v) is 3.33. The van der Waals surface area contributed by atoms with Crippen LogP contribution < -0.4 is 10.5 Å². The lowest BCUT2D eigenvalue weighted by molar-refractivity contribution is -0.146. The van der Waals surface area contributed by atoms with Crippen molar-refractivity contribution in [2.75, 3.05) is 12.8 Å². The predicted molar refractivity (Wildman–Crippen MR) is 82.1 cm³/mol. The Balaban J connectivity index is 2.01. The Hall–Kier alpha value is -2.49. The summed E-state index contributed by atoms with van der Waals surface area (Å²) in [4.78, 5) is 12.1. The van der Waals surface area contributed by atoms with Crippen molar-refractivity contribution >= 4 is 11.7 Å². The Bertz CT molecular complexity index is 625. The zero-order valence-electron chi connectivity index (χ0n) is 12.2. The second-order valence-corrected chi connectivity index (χ2v) is 4.81. The van der Waals surface area contributed by atoms with Gasteiger partial charge in [0.1, 0.15) is 12.4 Å². The van der Waals surface area contributed by atoms with E-state index in [2.05, 4.69) is 0 Å². The molecule has 110 valence electrons. The van der Waals surface area contributed by atoms with Gasteiger partial charge in [-0.15, -0.1) is 0 Å². The molecule has 0 radical (unpaired) electrons. The Morgan fingerprint density at radius 2 is 1.95 bits per heavy atom. The topological polar surface area (TPSA) is 61.5 Å². The van der Waals surface area contributed by atoms with Crippen LogP contribution in [0.2, 0.25) is 0 Å². The fraction of sp³-hybridized carbons (Fsp3) is 0.235. The molecule has 0 saturated heterocycles. The van der Waals surface area contributed by atoms with Crippen LogP contribution in [-0.4, -0.2) is 13.1 Å². The number of hydrogen-bond donors (Lipinski definition) is 1. The predicted octanol–water partition coefficient (Wildman–Crippen LogP) is 3.12. The van der Waals surface area contributed by atoms with Crippen molar-refractivity contribution in [3.8, 4) is 5.75 Å². The van der Waals surface area contributed by atoms with Gasteiger partial charge in [-0.3, -0.25) is 4.79 Å². The molecule has 0 heterocycles. The lowest BCUT2D eigenvalue weighted by Gasteiger charge is -2.13. The van der Waals surface area contributed by atoms with E-state index in [9.17, 15) is 4.79 Å². The van der Waals surface area contributed by atoms with Crippen LogP contribution in [0.25, 0.3) is 0 Å². The van der Waals surface area contributed by atoms with Crippen LogP contribution in [0.3, 0.4) is 0 Å². The summed E-state index contributed by atoms with van der Waals surface area (Å²) in [6, 6.07) is 14.7. The number of nitrogens with two attached hydrogens (primary N) is 1. The Morgan fingerprint density at radius 1 is 1.19 bits per heavy atom. The molecule has 0 aliphatic heterocycles. The van der Waals surface area contributed by atoms with Gasteiger partial charge >= 0.3 is 5.97 Å². The van der Waals surface area contributed by atoms with Crippen LogP contribution in [0.5, 0.6) is 5.75 Å². The molecule has 4 heteroatoms. The number of carbonyl (C=O) groups is 1. The number of benzene rings is 2. The van der Waals surface area contributed by atoms with E-state index in [1.54, 1.807) is 26.2 Å². The summed E-state index contributed by atoms with van der Waals surface area (Å²) in [5.41, 5.74) is 8.05. The highest BCUT2D eigenvalue weighted by atomic mass is 16.5. The van der Waals surface area contributed by atoms with Gasteiger partial charge in [0, 0.05) is 11.3 Å². The zero-order valence-corrected chi connectivity index (χ0v) is 12.2. The minimum absolute atomic E-state index is 0.190. The molecule has 0 bridgehead atoms. The lowest BCUT2D eigenvalue weighted by atomic mass is 10.0.